The maximum absolute atomic E-state index is 13.7. The number of ether oxygens (including phenoxy) is 3. The second kappa shape index (κ2) is 7.37. The van der Waals surface area contributed by atoms with Gasteiger partial charge in [-0.15, -0.1) is 0 Å². The molecule has 1 aromatic heterocycles. The van der Waals surface area contributed by atoms with Gasteiger partial charge in [-0.2, -0.15) is 13.2 Å². The Balaban J connectivity index is 2.08. The summed E-state index contributed by atoms with van der Waals surface area (Å²) in [5.74, 6) is -1.94. The van der Waals surface area contributed by atoms with E-state index < -0.39 is 35.5 Å². The summed E-state index contributed by atoms with van der Waals surface area (Å²) >= 11 is 0. The van der Waals surface area contributed by atoms with Gasteiger partial charge < -0.3 is 14.2 Å². The number of nitrogens with zero attached hydrogens (tertiary/aromatic N) is 1. The van der Waals surface area contributed by atoms with Gasteiger partial charge in [0.15, 0.2) is 11.9 Å². The molecule has 0 fully saturated rings. The largest absolute Gasteiger partial charge is 0.479 e. The van der Waals surface area contributed by atoms with Crippen LogP contribution in [0.3, 0.4) is 0 Å². The lowest BCUT2D eigenvalue weighted by molar-refractivity contribution is -0.148. The zero-order chi connectivity index (χ0) is 18.6. The highest BCUT2D eigenvalue weighted by molar-refractivity contribution is 5.74. The zero-order valence-corrected chi connectivity index (χ0v) is 13.1. The Morgan fingerprint density at radius 2 is 1.76 bits per heavy atom. The summed E-state index contributed by atoms with van der Waals surface area (Å²) in [5, 5.41) is 0. The van der Waals surface area contributed by atoms with Crippen LogP contribution in [-0.4, -0.2) is 24.2 Å². The molecule has 1 atom stereocenters. The Kier molecular flexibility index (Phi) is 5.45. The number of esters is 1. The van der Waals surface area contributed by atoms with Gasteiger partial charge in [0.2, 0.25) is 0 Å². The smallest absolute Gasteiger partial charge is 0.417 e. The number of alkyl halides is 3. The van der Waals surface area contributed by atoms with Crippen molar-refractivity contribution >= 4 is 5.97 Å². The van der Waals surface area contributed by atoms with Crippen molar-refractivity contribution in [2.24, 2.45) is 0 Å². The number of pyridine rings is 1. The Morgan fingerprint density at radius 3 is 2.28 bits per heavy atom. The van der Waals surface area contributed by atoms with Gasteiger partial charge in [-0.1, -0.05) is 0 Å². The van der Waals surface area contributed by atoms with E-state index in [9.17, 15) is 22.4 Å². The fraction of sp³-hybridized carbons (Fsp3) is 0.250. The molecule has 0 saturated carbocycles. The van der Waals surface area contributed by atoms with E-state index >= 15 is 0 Å². The molecule has 0 aliphatic rings. The molecule has 0 aliphatic heterocycles. The molecule has 0 radical (unpaired) electrons. The second-order valence-electron chi connectivity index (χ2n) is 4.87. The Morgan fingerprint density at radius 1 is 1.16 bits per heavy atom. The van der Waals surface area contributed by atoms with Crippen LogP contribution in [0.4, 0.5) is 17.6 Å². The zero-order valence-electron chi connectivity index (χ0n) is 13.1. The standard InChI is InChI=1S/C16H13F4NO4/c1-9(15(22)23-2)24-11-3-5-12(6-4-11)25-14-13(17)7-10(8-21-14)16(18,19)20/h3-9H,1-2H3/t9-/m1/s1. The van der Waals surface area contributed by atoms with E-state index in [1.165, 1.54) is 38.3 Å². The van der Waals surface area contributed by atoms with Gasteiger partial charge in [-0.25, -0.2) is 14.2 Å². The van der Waals surface area contributed by atoms with Gasteiger partial charge in [0.05, 0.1) is 12.7 Å². The van der Waals surface area contributed by atoms with Crippen molar-refractivity contribution in [3.05, 3.63) is 47.9 Å². The highest BCUT2D eigenvalue weighted by Crippen LogP contribution is 2.32. The number of hydrogen-bond acceptors (Lipinski definition) is 5. The molecule has 134 valence electrons. The minimum absolute atomic E-state index is 0.129. The molecule has 9 heteroatoms. The molecule has 1 heterocycles. The monoisotopic (exact) mass is 359 g/mol. The van der Waals surface area contributed by atoms with Gasteiger partial charge in [0.25, 0.3) is 5.88 Å². The third-order valence-electron chi connectivity index (χ3n) is 3.02. The lowest BCUT2D eigenvalue weighted by Gasteiger charge is -2.13. The Bertz CT molecular complexity index is 747. The highest BCUT2D eigenvalue weighted by atomic mass is 19.4. The fourth-order valence-electron chi connectivity index (χ4n) is 1.77. The Labute approximate surface area is 140 Å². The molecule has 2 rings (SSSR count). The van der Waals surface area contributed by atoms with Crippen LogP contribution in [0.15, 0.2) is 36.5 Å². The van der Waals surface area contributed by atoms with Crippen LogP contribution in [0.5, 0.6) is 17.4 Å². The number of hydrogen-bond donors (Lipinski definition) is 0. The average molecular weight is 359 g/mol. The summed E-state index contributed by atoms with van der Waals surface area (Å²) in [6.45, 7) is 1.50. The molecular weight excluding hydrogens is 346 g/mol. The van der Waals surface area contributed by atoms with Crippen molar-refractivity contribution in [2.45, 2.75) is 19.2 Å². The number of methoxy groups -OCH3 is 1. The topological polar surface area (TPSA) is 57.7 Å². The van der Waals surface area contributed by atoms with E-state index in [0.29, 0.717) is 18.0 Å². The molecule has 0 N–H and O–H groups in total. The summed E-state index contributed by atoms with van der Waals surface area (Å²) < 4.78 is 66.0. The summed E-state index contributed by atoms with van der Waals surface area (Å²) in [6.07, 6.45) is -5.04. The van der Waals surface area contributed by atoms with E-state index in [2.05, 4.69) is 9.72 Å². The first-order chi connectivity index (χ1) is 11.7. The van der Waals surface area contributed by atoms with Gasteiger partial charge in [0.1, 0.15) is 11.5 Å². The highest BCUT2D eigenvalue weighted by Gasteiger charge is 2.32. The second-order valence-corrected chi connectivity index (χ2v) is 4.87. The minimum Gasteiger partial charge on any atom is -0.479 e. The number of rotatable bonds is 5. The van der Waals surface area contributed by atoms with Crippen LogP contribution in [0.1, 0.15) is 12.5 Å². The maximum atomic E-state index is 13.7. The molecule has 0 spiro atoms. The van der Waals surface area contributed by atoms with Crippen LogP contribution in [-0.2, 0) is 15.7 Å². The molecule has 0 unspecified atom stereocenters. The lowest BCUT2D eigenvalue weighted by Crippen LogP contribution is -2.24. The fourth-order valence-corrected chi connectivity index (χ4v) is 1.77. The van der Waals surface area contributed by atoms with Crippen LogP contribution in [0, 0.1) is 5.82 Å². The lowest BCUT2D eigenvalue weighted by atomic mass is 10.2. The van der Waals surface area contributed by atoms with E-state index in [1.807, 2.05) is 0 Å². The molecular formula is C16H13F4NO4. The predicted octanol–water partition coefficient (Wildman–Crippen LogP) is 3.97. The van der Waals surface area contributed by atoms with Crippen LogP contribution in [0.2, 0.25) is 0 Å². The molecule has 25 heavy (non-hydrogen) atoms. The normalized spacial score (nSPS) is 12.4. The summed E-state index contributed by atoms with van der Waals surface area (Å²) in [4.78, 5) is 14.6. The molecule has 0 saturated heterocycles. The van der Waals surface area contributed by atoms with Gasteiger partial charge in [0, 0.05) is 6.20 Å². The minimum atomic E-state index is -4.69. The molecule has 0 aliphatic carbocycles. The van der Waals surface area contributed by atoms with Crippen molar-refractivity contribution in [3.8, 4) is 17.4 Å². The van der Waals surface area contributed by atoms with Crippen LogP contribution >= 0.6 is 0 Å². The SMILES string of the molecule is COC(=O)[C@@H](C)Oc1ccc(Oc2ncc(C(F)(F)F)cc2F)cc1. The molecule has 2 aromatic rings. The number of aromatic nitrogens is 1. The van der Waals surface area contributed by atoms with Crippen LogP contribution < -0.4 is 9.47 Å². The van der Waals surface area contributed by atoms with Crippen LogP contribution in [0.25, 0.3) is 0 Å². The molecule has 0 bridgehead atoms. The predicted molar refractivity (Wildman–Crippen MR) is 77.8 cm³/mol. The molecule has 5 nitrogen and oxygen atoms in total. The quantitative estimate of drug-likeness (QED) is 0.597. The van der Waals surface area contributed by atoms with E-state index in [-0.39, 0.29) is 5.75 Å². The van der Waals surface area contributed by atoms with Gasteiger partial charge in [-0.3, -0.25) is 0 Å². The maximum Gasteiger partial charge on any atom is 0.417 e. The number of halogens is 4. The van der Waals surface area contributed by atoms with Crippen molar-refractivity contribution < 1.29 is 36.6 Å². The third-order valence-corrected chi connectivity index (χ3v) is 3.02. The summed E-state index contributed by atoms with van der Waals surface area (Å²) in [7, 11) is 1.23. The van der Waals surface area contributed by atoms with E-state index in [4.69, 9.17) is 9.47 Å². The average Bonchev–Trinajstić information content (AvgIpc) is 2.56. The Hall–Kier alpha value is -2.84. The summed E-state index contributed by atoms with van der Waals surface area (Å²) in [5.41, 5.74) is -1.21. The van der Waals surface area contributed by atoms with E-state index in [0.717, 1.165) is 0 Å². The first kappa shape index (κ1) is 18.5. The van der Waals surface area contributed by atoms with Gasteiger partial charge >= 0.3 is 12.1 Å². The molecule has 0 amide bonds. The van der Waals surface area contributed by atoms with Crippen molar-refractivity contribution in [1.29, 1.82) is 0 Å². The first-order valence-corrected chi connectivity index (χ1v) is 6.96. The number of carbonyl (C=O) groups is 1. The van der Waals surface area contributed by atoms with Gasteiger partial charge in [-0.05, 0) is 37.3 Å². The third kappa shape index (κ3) is 4.82. The number of carbonyl (C=O) groups excluding carboxylic acids is 1. The van der Waals surface area contributed by atoms with E-state index in [1.54, 1.807) is 0 Å². The summed E-state index contributed by atoms with van der Waals surface area (Å²) in [6, 6.07) is 5.96. The van der Waals surface area contributed by atoms with Crippen molar-refractivity contribution in [3.63, 3.8) is 0 Å². The first-order valence-electron chi connectivity index (χ1n) is 6.96. The number of benzene rings is 1. The van der Waals surface area contributed by atoms with Crippen molar-refractivity contribution in [2.75, 3.05) is 7.11 Å². The molecule has 1 aromatic carbocycles. The van der Waals surface area contributed by atoms with Crippen molar-refractivity contribution in [1.82, 2.24) is 4.98 Å².